The van der Waals surface area contributed by atoms with E-state index in [-0.39, 0.29) is 5.92 Å². The number of hydrogen-bond acceptors (Lipinski definition) is 4. The number of nitrogens with zero attached hydrogens (tertiary/aromatic N) is 2. The molecule has 0 spiro atoms. The fourth-order valence-corrected chi connectivity index (χ4v) is 2.02. The summed E-state index contributed by atoms with van der Waals surface area (Å²) in [4.78, 5) is 28.3. The highest BCUT2D eigenvalue weighted by atomic mass is 32.1. The lowest BCUT2D eigenvalue weighted by atomic mass is 10.0. The molecule has 1 aromatic rings. The molecule has 0 saturated carbocycles. The number of likely N-dealkylation sites (N-methyl/N-ethyl adjacent to an activating group) is 1. The number of carbonyl (C=O) groups is 2. The van der Waals surface area contributed by atoms with Crippen molar-refractivity contribution in [2.75, 3.05) is 13.6 Å². The molecule has 2 N–H and O–H groups in total. The average molecular weight is 285 g/mol. The lowest BCUT2D eigenvalue weighted by molar-refractivity contribution is -0.146. The summed E-state index contributed by atoms with van der Waals surface area (Å²) in [6.45, 7) is 5.35. The number of amides is 2. The van der Waals surface area contributed by atoms with E-state index in [1.54, 1.807) is 6.20 Å². The highest BCUT2D eigenvalue weighted by Gasteiger charge is 2.35. The predicted octanol–water partition coefficient (Wildman–Crippen LogP) is 1.75. The molecule has 1 rings (SSSR count). The Morgan fingerprint density at radius 3 is 2.68 bits per heavy atom. The third kappa shape index (κ3) is 3.66. The summed E-state index contributed by atoms with van der Waals surface area (Å²) < 4.78 is 0. The molecule has 0 aliphatic heterocycles. The van der Waals surface area contributed by atoms with Crippen LogP contribution in [0.25, 0.3) is 0 Å². The third-order valence-corrected chi connectivity index (χ3v) is 4.11. The molecule has 0 fully saturated rings. The first-order valence-electron chi connectivity index (χ1n) is 5.91. The molecule has 0 bridgehead atoms. The third-order valence-electron chi connectivity index (χ3n) is 3.10. The SMILES string of the molecule is CC(CNC(=O)N(C)C(C)(C)C(=O)O)c1nccs1. The van der Waals surface area contributed by atoms with Gasteiger partial charge in [-0.2, -0.15) is 0 Å². The van der Waals surface area contributed by atoms with Gasteiger partial charge in [0.05, 0.1) is 5.01 Å². The molecule has 19 heavy (non-hydrogen) atoms. The van der Waals surface area contributed by atoms with Crippen molar-refractivity contribution in [3.63, 3.8) is 0 Å². The second-order valence-corrected chi connectivity index (χ2v) is 5.81. The van der Waals surface area contributed by atoms with E-state index in [9.17, 15) is 9.59 Å². The molecule has 0 aromatic carbocycles. The molecule has 0 aliphatic carbocycles. The van der Waals surface area contributed by atoms with Crippen LogP contribution in [0.4, 0.5) is 4.79 Å². The Morgan fingerprint density at radius 2 is 2.21 bits per heavy atom. The fourth-order valence-electron chi connectivity index (χ4n) is 1.32. The largest absolute Gasteiger partial charge is 0.480 e. The van der Waals surface area contributed by atoms with Gasteiger partial charge in [-0.1, -0.05) is 6.92 Å². The van der Waals surface area contributed by atoms with Crippen molar-refractivity contribution in [2.24, 2.45) is 0 Å². The van der Waals surface area contributed by atoms with Crippen LogP contribution >= 0.6 is 11.3 Å². The minimum atomic E-state index is -1.24. The summed E-state index contributed by atoms with van der Waals surface area (Å²) in [5.74, 6) is -0.941. The van der Waals surface area contributed by atoms with Crippen LogP contribution in [0, 0.1) is 0 Å². The molecule has 1 unspecified atom stereocenters. The van der Waals surface area contributed by atoms with Gasteiger partial charge < -0.3 is 15.3 Å². The van der Waals surface area contributed by atoms with Gasteiger partial charge in [0.2, 0.25) is 0 Å². The molecule has 0 aliphatic rings. The molecule has 0 saturated heterocycles. The van der Waals surface area contributed by atoms with Gasteiger partial charge in [0.25, 0.3) is 0 Å². The predicted molar refractivity (Wildman–Crippen MR) is 73.4 cm³/mol. The van der Waals surface area contributed by atoms with Gasteiger partial charge in [-0.25, -0.2) is 14.6 Å². The Hall–Kier alpha value is -1.63. The standard InChI is InChI=1S/C12H19N3O3S/c1-8(9-13-5-6-19-9)7-14-11(18)15(4)12(2,3)10(16)17/h5-6,8H,7H2,1-4H3,(H,14,18)(H,16,17). The summed E-state index contributed by atoms with van der Waals surface area (Å²) in [5, 5.41) is 14.6. The zero-order chi connectivity index (χ0) is 14.6. The van der Waals surface area contributed by atoms with Crippen LogP contribution in [0.3, 0.4) is 0 Å². The zero-order valence-electron chi connectivity index (χ0n) is 11.5. The van der Waals surface area contributed by atoms with Crippen LogP contribution < -0.4 is 5.32 Å². The Morgan fingerprint density at radius 1 is 1.58 bits per heavy atom. The van der Waals surface area contributed by atoms with Gasteiger partial charge in [-0.15, -0.1) is 11.3 Å². The summed E-state index contributed by atoms with van der Waals surface area (Å²) >= 11 is 1.53. The number of rotatable bonds is 5. The van der Waals surface area contributed by atoms with Crippen molar-refractivity contribution in [1.29, 1.82) is 0 Å². The Bertz CT molecular complexity index is 445. The maximum absolute atomic E-state index is 11.9. The van der Waals surface area contributed by atoms with E-state index in [0.717, 1.165) is 5.01 Å². The van der Waals surface area contributed by atoms with Crippen LogP contribution in [0.1, 0.15) is 31.7 Å². The number of hydrogen-bond donors (Lipinski definition) is 2. The topological polar surface area (TPSA) is 82.5 Å². The first-order chi connectivity index (χ1) is 8.76. The lowest BCUT2D eigenvalue weighted by Crippen LogP contribution is -2.54. The van der Waals surface area contributed by atoms with Crippen molar-refractivity contribution in [2.45, 2.75) is 32.2 Å². The van der Waals surface area contributed by atoms with E-state index in [1.807, 2.05) is 12.3 Å². The molecule has 7 heteroatoms. The Labute approximate surface area is 116 Å². The smallest absolute Gasteiger partial charge is 0.329 e. The quantitative estimate of drug-likeness (QED) is 0.863. The molecule has 1 heterocycles. The number of aliphatic carboxylic acids is 1. The van der Waals surface area contributed by atoms with Crippen LogP contribution in [0.15, 0.2) is 11.6 Å². The maximum Gasteiger partial charge on any atom is 0.329 e. The average Bonchev–Trinajstić information content (AvgIpc) is 2.88. The second-order valence-electron chi connectivity index (χ2n) is 4.88. The Kier molecular flexibility index (Phi) is 4.88. The van der Waals surface area contributed by atoms with E-state index < -0.39 is 17.5 Å². The highest BCUT2D eigenvalue weighted by Crippen LogP contribution is 2.17. The molecule has 1 atom stereocenters. The van der Waals surface area contributed by atoms with E-state index in [1.165, 1.54) is 37.1 Å². The monoisotopic (exact) mass is 285 g/mol. The number of carboxylic acid groups (broad SMARTS) is 1. The minimum Gasteiger partial charge on any atom is -0.480 e. The zero-order valence-corrected chi connectivity index (χ0v) is 12.3. The molecule has 2 amide bonds. The van der Waals surface area contributed by atoms with Crippen molar-refractivity contribution < 1.29 is 14.7 Å². The summed E-state index contributed by atoms with van der Waals surface area (Å²) in [6.07, 6.45) is 1.72. The maximum atomic E-state index is 11.9. The minimum absolute atomic E-state index is 0.102. The van der Waals surface area contributed by atoms with Crippen molar-refractivity contribution in [3.8, 4) is 0 Å². The van der Waals surface area contributed by atoms with Crippen LogP contribution in [-0.2, 0) is 4.79 Å². The summed E-state index contributed by atoms with van der Waals surface area (Å²) in [5.41, 5.74) is -1.24. The van der Waals surface area contributed by atoms with Crippen molar-refractivity contribution >= 4 is 23.3 Å². The highest BCUT2D eigenvalue weighted by molar-refractivity contribution is 7.09. The van der Waals surface area contributed by atoms with Crippen molar-refractivity contribution in [3.05, 3.63) is 16.6 Å². The van der Waals surface area contributed by atoms with E-state index in [2.05, 4.69) is 10.3 Å². The Balaban J connectivity index is 2.54. The van der Waals surface area contributed by atoms with Gasteiger partial charge in [0, 0.05) is 31.1 Å². The molecule has 0 radical (unpaired) electrons. The summed E-state index contributed by atoms with van der Waals surface area (Å²) in [6, 6.07) is -0.407. The van der Waals surface area contributed by atoms with Gasteiger partial charge in [-0.05, 0) is 13.8 Å². The fraction of sp³-hybridized carbons (Fsp3) is 0.583. The molecule has 106 valence electrons. The first kappa shape index (κ1) is 15.4. The normalized spacial score (nSPS) is 12.8. The van der Waals surface area contributed by atoms with Gasteiger partial charge >= 0.3 is 12.0 Å². The van der Waals surface area contributed by atoms with Gasteiger partial charge in [0.1, 0.15) is 5.54 Å². The molecule has 6 nitrogen and oxygen atoms in total. The van der Waals surface area contributed by atoms with Crippen molar-refractivity contribution in [1.82, 2.24) is 15.2 Å². The molecule has 1 aromatic heterocycles. The first-order valence-corrected chi connectivity index (χ1v) is 6.79. The lowest BCUT2D eigenvalue weighted by Gasteiger charge is -2.31. The number of thiazole rings is 1. The number of urea groups is 1. The van der Waals surface area contributed by atoms with Crippen LogP contribution in [-0.4, -0.2) is 46.1 Å². The number of nitrogens with one attached hydrogen (secondary N) is 1. The van der Waals surface area contributed by atoms with Gasteiger partial charge in [-0.3, -0.25) is 0 Å². The van der Waals surface area contributed by atoms with Gasteiger partial charge in [0.15, 0.2) is 0 Å². The molecular weight excluding hydrogens is 266 g/mol. The number of carboxylic acids is 1. The number of carbonyl (C=O) groups excluding carboxylic acids is 1. The van der Waals surface area contributed by atoms with Crippen LogP contribution in [0.2, 0.25) is 0 Å². The summed E-state index contributed by atoms with van der Waals surface area (Å²) in [7, 11) is 1.47. The number of aromatic nitrogens is 1. The molecular formula is C12H19N3O3S. The van der Waals surface area contributed by atoms with E-state index in [0.29, 0.717) is 6.54 Å². The second kappa shape index (κ2) is 6.01. The van der Waals surface area contributed by atoms with Crippen LogP contribution in [0.5, 0.6) is 0 Å². The van der Waals surface area contributed by atoms with E-state index >= 15 is 0 Å². The van der Waals surface area contributed by atoms with E-state index in [4.69, 9.17) is 5.11 Å².